The van der Waals surface area contributed by atoms with Crippen molar-refractivity contribution in [1.29, 1.82) is 0 Å². The van der Waals surface area contributed by atoms with Gasteiger partial charge in [0, 0.05) is 45.8 Å². The number of aliphatic hydroxyl groups is 1. The highest BCUT2D eigenvalue weighted by Gasteiger charge is 2.57. The second kappa shape index (κ2) is 11.0. The molecular formula is C33H32F4N4O4. The first kappa shape index (κ1) is 30.7. The van der Waals surface area contributed by atoms with Crippen molar-refractivity contribution in [2.45, 2.75) is 49.4 Å². The summed E-state index contributed by atoms with van der Waals surface area (Å²) in [5, 5.41) is 17.7. The number of methoxy groups -OCH3 is 1. The van der Waals surface area contributed by atoms with E-state index < -0.39 is 41.2 Å². The predicted molar refractivity (Wildman–Crippen MR) is 159 cm³/mol. The number of amides is 1. The first-order valence-electron chi connectivity index (χ1n) is 14.5. The highest BCUT2D eigenvalue weighted by Crippen LogP contribution is 2.48. The Kier molecular flexibility index (Phi) is 7.48. The van der Waals surface area contributed by atoms with Gasteiger partial charge in [0.25, 0.3) is 5.91 Å². The quantitative estimate of drug-likeness (QED) is 0.214. The smallest absolute Gasteiger partial charge is 0.424 e. The maximum Gasteiger partial charge on any atom is 0.424 e. The maximum atomic E-state index is 14.9. The third kappa shape index (κ3) is 5.68. The number of rotatable bonds is 9. The molecule has 2 atom stereocenters. The van der Waals surface area contributed by atoms with E-state index >= 15 is 0 Å². The van der Waals surface area contributed by atoms with Gasteiger partial charge >= 0.3 is 6.18 Å². The SMILES string of the molecule is COc1cc(C(=O)NCC(O)(c2cc3c(c(-c4ccc(F)cc4)n2)OC[C@]3(C)CNC2(C)CC2)C(F)(F)F)cc2cccnc12. The minimum Gasteiger partial charge on any atom is -0.494 e. The standard InChI is InChI=1S/C33H32F4N4O4/c1-30(16-40-31(2)10-11-31)18-45-28-23(30)15-25(41-27(28)19-6-8-22(34)9-7-19)32(43,33(35,36)37)17-39-29(42)21-13-20-5-4-12-38-26(20)24(14-21)44-3/h4-9,12-15,40,43H,10-11,16-18H2,1-3H3,(H,39,42)/t30-,32?/m0/s1. The summed E-state index contributed by atoms with van der Waals surface area (Å²) >= 11 is 0. The maximum absolute atomic E-state index is 14.9. The molecule has 1 amide bonds. The van der Waals surface area contributed by atoms with Crippen LogP contribution in [0.4, 0.5) is 17.6 Å². The number of fused-ring (bicyclic) bond motifs is 2. The van der Waals surface area contributed by atoms with Crippen LogP contribution in [0, 0.1) is 5.82 Å². The Morgan fingerprint density at radius 1 is 1.11 bits per heavy atom. The lowest BCUT2D eigenvalue weighted by Gasteiger charge is -2.32. The number of hydrogen-bond acceptors (Lipinski definition) is 7. The van der Waals surface area contributed by atoms with E-state index in [0.717, 1.165) is 12.8 Å². The number of nitrogens with zero attached hydrogens (tertiary/aromatic N) is 2. The molecule has 236 valence electrons. The van der Waals surface area contributed by atoms with E-state index in [1.54, 1.807) is 18.3 Å². The van der Waals surface area contributed by atoms with Crippen LogP contribution in [-0.4, -0.2) is 59.5 Å². The number of carbonyl (C=O) groups excluding carboxylic acids is 1. The molecule has 8 nitrogen and oxygen atoms in total. The lowest BCUT2D eigenvalue weighted by Crippen LogP contribution is -2.51. The van der Waals surface area contributed by atoms with Gasteiger partial charge in [0.2, 0.25) is 5.60 Å². The Morgan fingerprint density at radius 2 is 1.84 bits per heavy atom. The molecule has 1 aliphatic carbocycles. The fourth-order valence-corrected chi connectivity index (χ4v) is 5.46. The minimum absolute atomic E-state index is 0.0198. The Morgan fingerprint density at radius 3 is 2.51 bits per heavy atom. The molecule has 2 aliphatic rings. The van der Waals surface area contributed by atoms with Gasteiger partial charge in [-0.25, -0.2) is 9.37 Å². The number of ether oxygens (including phenoxy) is 2. The second-order valence-electron chi connectivity index (χ2n) is 12.3. The van der Waals surface area contributed by atoms with Crippen molar-refractivity contribution in [3.05, 3.63) is 83.4 Å². The van der Waals surface area contributed by atoms with Gasteiger partial charge < -0.3 is 25.2 Å². The molecule has 4 aromatic rings. The predicted octanol–water partition coefficient (Wildman–Crippen LogP) is 5.42. The average Bonchev–Trinajstić information content (AvgIpc) is 3.67. The lowest BCUT2D eigenvalue weighted by atomic mass is 9.82. The average molecular weight is 625 g/mol. The second-order valence-corrected chi connectivity index (χ2v) is 12.3. The van der Waals surface area contributed by atoms with Gasteiger partial charge in [-0.15, -0.1) is 0 Å². The molecule has 0 bridgehead atoms. The Bertz CT molecular complexity index is 1780. The summed E-state index contributed by atoms with van der Waals surface area (Å²) in [6, 6.07) is 12.5. The number of nitrogens with one attached hydrogen (secondary N) is 2. The molecule has 1 fully saturated rings. The molecule has 3 N–H and O–H groups in total. The summed E-state index contributed by atoms with van der Waals surface area (Å²) in [6.07, 6.45) is -1.74. The molecule has 0 radical (unpaired) electrons. The zero-order valence-corrected chi connectivity index (χ0v) is 24.9. The zero-order chi connectivity index (χ0) is 32.2. The van der Waals surface area contributed by atoms with Gasteiger partial charge in [-0.2, -0.15) is 13.2 Å². The molecule has 0 saturated heterocycles. The summed E-state index contributed by atoms with van der Waals surface area (Å²) in [6.45, 7) is 3.27. The van der Waals surface area contributed by atoms with Crippen LogP contribution in [0.25, 0.3) is 22.2 Å². The summed E-state index contributed by atoms with van der Waals surface area (Å²) in [5.74, 6) is -0.867. The molecule has 0 spiro atoms. The van der Waals surface area contributed by atoms with E-state index in [2.05, 4.69) is 27.5 Å². The fraction of sp³-hybridized carbons (Fsp3) is 0.364. The molecule has 3 heterocycles. The molecule has 45 heavy (non-hydrogen) atoms. The van der Waals surface area contributed by atoms with E-state index in [-0.39, 0.29) is 34.9 Å². The molecule has 12 heteroatoms. The van der Waals surface area contributed by atoms with Crippen molar-refractivity contribution >= 4 is 16.8 Å². The molecule has 1 unspecified atom stereocenters. The van der Waals surface area contributed by atoms with Crippen LogP contribution in [0.15, 0.2) is 60.8 Å². The number of alkyl halides is 3. The van der Waals surface area contributed by atoms with Gasteiger partial charge in [0.1, 0.15) is 28.5 Å². The van der Waals surface area contributed by atoms with Gasteiger partial charge in [0.15, 0.2) is 0 Å². The van der Waals surface area contributed by atoms with Gasteiger partial charge in [-0.1, -0.05) is 13.0 Å². The van der Waals surface area contributed by atoms with E-state index in [1.165, 1.54) is 49.6 Å². The van der Waals surface area contributed by atoms with Crippen molar-refractivity contribution in [3.63, 3.8) is 0 Å². The monoisotopic (exact) mass is 624 g/mol. The first-order valence-corrected chi connectivity index (χ1v) is 14.5. The Hall–Kier alpha value is -4.29. The van der Waals surface area contributed by atoms with Crippen molar-refractivity contribution in [1.82, 2.24) is 20.6 Å². The largest absolute Gasteiger partial charge is 0.494 e. The van der Waals surface area contributed by atoms with Crippen LogP contribution in [0.3, 0.4) is 0 Å². The third-order valence-corrected chi connectivity index (χ3v) is 8.73. The highest BCUT2D eigenvalue weighted by molar-refractivity contribution is 5.99. The minimum atomic E-state index is -5.25. The number of halogens is 4. The summed E-state index contributed by atoms with van der Waals surface area (Å²) in [5.41, 5.74) is -3.86. The molecule has 6 rings (SSSR count). The van der Waals surface area contributed by atoms with Gasteiger partial charge in [-0.05, 0) is 68.3 Å². The number of pyridine rings is 2. The van der Waals surface area contributed by atoms with Crippen LogP contribution in [-0.2, 0) is 11.0 Å². The summed E-state index contributed by atoms with van der Waals surface area (Å²) in [4.78, 5) is 21.7. The van der Waals surface area contributed by atoms with Crippen molar-refractivity contribution in [3.8, 4) is 22.8 Å². The normalized spacial score (nSPS) is 19.8. The van der Waals surface area contributed by atoms with Crippen molar-refractivity contribution in [2.24, 2.45) is 0 Å². The molecule has 1 aliphatic heterocycles. The number of hydrogen-bond donors (Lipinski definition) is 3. The summed E-state index contributed by atoms with van der Waals surface area (Å²) in [7, 11) is 1.39. The Balaban J connectivity index is 1.40. The number of carbonyl (C=O) groups is 1. The van der Waals surface area contributed by atoms with Crippen LogP contribution in [0.1, 0.15) is 48.3 Å². The molecular weight excluding hydrogens is 592 g/mol. The molecule has 1 saturated carbocycles. The third-order valence-electron chi connectivity index (χ3n) is 8.73. The summed E-state index contributed by atoms with van der Waals surface area (Å²) < 4.78 is 69.7. The topological polar surface area (TPSA) is 106 Å². The highest BCUT2D eigenvalue weighted by atomic mass is 19.4. The van der Waals surface area contributed by atoms with E-state index in [1.807, 2.05) is 6.92 Å². The van der Waals surface area contributed by atoms with Crippen molar-refractivity contribution in [2.75, 3.05) is 26.8 Å². The van der Waals surface area contributed by atoms with Crippen LogP contribution in [0.5, 0.6) is 11.5 Å². The number of benzene rings is 2. The van der Waals surface area contributed by atoms with E-state index in [4.69, 9.17) is 9.47 Å². The van der Waals surface area contributed by atoms with E-state index in [0.29, 0.717) is 28.6 Å². The van der Waals surface area contributed by atoms with Crippen LogP contribution >= 0.6 is 0 Å². The van der Waals surface area contributed by atoms with Gasteiger partial charge in [-0.3, -0.25) is 9.78 Å². The molecule has 2 aromatic carbocycles. The van der Waals surface area contributed by atoms with Gasteiger partial charge in [0.05, 0.1) is 26.0 Å². The van der Waals surface area contributed by atoms with E-state index in [9.17, 15) is 27.5 Å². The van der Waals surface area contributed by atoms with Crippen LogP contribution < -0.4 is 20.1 Å². The fourth-order valence-electron chi connectivity index (χ4n) is 5.46. The first-order chi connectivity index (χ1) is 21.3. The van der Waals surface area contributed by atoms with Crippen LogP contribution in [0.2, 0.25) is 0 Å². The lowest BCUT2D eigenvalue weighted by molar-refractivity contribution is -0.265. The zero-order valence-electron chi connectivity index (χ0n) is 24.9. The Labute approximate surface area is 256 Å². The van der Waals surface area contributed by atoms with Crippen molar-refractivity contribution < 1.29 is 36.9 Å². The number of aromatic nitrogens is 2. The molecule has 2 aromatic heterocycles.